The number of aryl methyl sites for hydroxylation is 3. The van der Waals surface area contributed by atoms with Crippen molar-refractivity contribution < 1.29 is 14.3 Å². The summed E-state index contributed by atoms with van der Waals surface area (Å²) in [5.41, 5.74) is 4.95. The maximum absolute atomic E-state index is 12.1. The molecule has 0 aliphatic rings. The molecule has 1 heterocycles. The van der Waals surface area contributed by atoms with Crippen molar-refractivity contribution in [2.45, 2.75) is 59.1 Å². The van der Waals surface area contributed by atoms with Gasteiger partial charge >= 0.3 is 5.97 Å². The SMILES string of the molecule is CCOC(=O)C(C)(C)Oc1ccc(CCCc2nc3cc4ccccc4cc3n2Cc2ccc(C)cc2)cc1. The molecule has 0 saturated carbocycles. The minimum Gasteiger partial charge on any atom is -0.476 e. The van der Waals surface area contributed by atoms with Crippen LogP contribution in [0.3, 0.4) is 0 Å². The van der Waals surface area contributed by atoms with Crippen LogP contribution in [0.25, 0.3) is 21.8 Å². The fourth-order valence-electron chi connectivity index (χ4n) is 4.92. The lowest BCUT2D eigenvalue weighted by atomic mass is 10.1. The fraction of sp³-hybridized carbons (Fsp3) is 0.294. The number of rotatable bonds is 10. The molecule has 0 aliphatic carbocycles. The lowest BCUT2D eigenvalue weighted by Crippen LogP contribution is -2.39. The van der Waals surface area contributed by atoms with Crippen molar-refractivity contribution in [3.8, 4) is 5.75 Å². The Kier molecular flexibility index (Phi) is 7.69. The third-order valence-corrected chi connectivity index (χ3v) is 7.09. The summed E-state index contributed by atoms with van der Waals surface area (Å²) in [5.74, 6) is 1.40. The largest absolute Gasteiger partial charge is 0.476 e. The maximum atomic E-state index is 12.1. The van der Waals surface area contributed by atoms with E-state index in [0.717, 1.165) is 37.1 Å². The molecule has 0 aliphatic heterocycles. The summed E-state index contributed by atoms with van der Waals surface area (Å²) in [4.78, 5) is 17.2. The van der Waals surface area contributed by atoms with E-state index in [9.17, 15) is 4.79 Å². The van der Waals surface area contributed by atoms with E-state index in [1.54, 1.807) is 20.8 Å². The molecule has 0 fully saturated rings. The molecule has 5 heteroatoms. The van der Waals surface area contributed by atoms with Crippen LogP contribution < -0.4 is 4.74 Å². The highest BCUT2D eigenvalue weighted by Gasteiger charge is 2.31. The summed E-state index contributed by atoms with van der Waals surface area (Å²) in [6, 6.07) is 29.7. The maximum Gasteiger partial charge on any atom is 0.349 e. The average Bonchev–Trinajstić information content (AvgIpc) is 3.25. The highest BCUT2D eigenvalue weighted by Crippen LogP contribution is 2.26. The van der Waals surface area contributed by atoms with E-state index >= 15 is 0 Å². The molecule has 5 aromatic rings. The van der Waals surface area contributed by atoms with Gasteiger partial charge in [-0.15, -0.1) is 0 Å². The predicted octanol–water partition coefficient (Wildman–Crippen LogP) is 7.44. The van der Waals surface area contributed by atoms with Crippen molar-refractivity contribution >= 4 is 27.8 Å². The smallest absolute Gasteiger partial charge is 0.349 e. The molecule has 1 aromatic heterocycles. The summed E-state index contributed by atoms with van der Waals surface area (Å²) >= 11 is 0. The van der Waals surface area contributed by atoms with Gasteiger partial charge in [0.05, 0.1) is 17.6 Å². The van der Waals surface area contributed by atoms with Crippen molar-refractivity contribution in [2.75, 3.05) is 6.61 Å². The fourth-order valence-corrected chi connectivity index (χ4v) is 4.92. The van der Waals surface area contributed by atoms with Crippen molar-refractivity contribution in [1.82, 2.24) is 9.55 Å². The van der Waals surface area contributed by atoms with Crippen LogP contribution in [0.5, 0.6) is 5.75 Å². The molecule has 0 bridgehead atoms. The summed E-state index contributed by atoms with van der Waals surface area (Å²) < 4.78 is 13.4. The van der Waals surface area contributed by atoms with E-state index in [2.05, 4.69) is 84.3 Å². The van der Waals surface area contributed by atoms with Crippen LogP contribution in [0.4, 0.5) is 0 Å². The number of benzene rings is 4. The summed E-state index contributed by atoms with van der Waals surface area (Å²) in [7, 11) is 0. The Morgan fingerprint density at radius 1 is 0.872 bits per heavy atom. The Bertz CT molecular complexity index is 1580. The number of fused-ring (bicyclic) bond motifs is 2. The van der Waals surface area contributed by atoms with Gasteiger partial charge in [0, 0.05) is 13.0 Å². The Hall–Kier alpha value is -4.12. The normalized spacial score (nSPS) is 11.7. The summed E-state index contributed by atoms with van der Waals surface area (Å²) in [6.45, 7) is 8.50. The van der Waals surface area contributed by atoms with Crippen LogP contribution in [-0.2, 0) is 28.9 Å². The van der Waals surface area contributed by atoms with Gasteiger partial charge in [-0.1, -0.05) is 66.2 Å². The topological polar surface area (TPSA) is 53.4 Å². The Balaban J connectivity index is 1.32. The Morgan fingerprint density at radius 3 is 2.23 bits per heavy atom. The van der Waals surface area contributed by atoms with E-state index in [1.165, 1.54) is 33.0 Å². The number of aromatic nitrogens is 2. The summed E-state index contributed by atoms with van der Waals surface area (Å²) in [5, 5.41) is 2.44. The van der Waals surface area contributed by atoms with E-state index in [-0.39, 0.29) is 5.97 Å². The van der Waals surface area contributed by atoms with Gasteiger partial charge in [0.15, 0.2) is 5.60 Å². The number of esters is 1. The van der Waals surface area contributed by atoms with Gasteiger partial charge in [-0.05, 0) is 86.7 Å². The predicted molar refractivity (Wildman–Crippen MR) is 157 cm³/mol. The third kappa shape index (κ3) is 6.14. The first-order valence-corrected chi connectivity index (χ1v) is 13.7. The average molecular weight is 521 g/mol. The molecule has 5 nitrogen and oxygen atoms in total. The quantitative estimate of drug-likeness (QED) is 0.180. The zero-order chi connectivity index (χ0) is 27.4. The van der Waals surface area contributed by atoms with Gasteiger partial charge in [0.2, 0.25) is 0 Å². The number of hydrogen-bond acceptors (Lipinski definition) is 4. The molecule has 0 unspecified atom stereocenters. The Labute approximate surface area is 230 Å². The molecule has 0 saturated heterocycles. The van der Waals surface area contributed by atoms with Gasteiger partial charge in [0.25, 0.3) is 0 Å². The van der Waals surface area contributed by atoms with Crippen LogP contribution in [0.15, 0.2) is 84.9 Å². The number of carbonyl (C=O) groups is 1. The first-order chi connectivity index (χ1) is 18.8. The molecule has 5 rings (SSSR count). The lowest BCUT2D eigenvalue weighted by molar-refractivity contribution is -0.158. The van der Waals surface area contributed by atoms with Gasteiger partial charge in [-0.2, -0.15) is 0 Å². The molecular weight excluding hydrogens is 484 g/mol. The number of nitrogens with zero attached hydrogens (tertiary/aromatic N) is 2. The Morgan fingerprint density at radius 2 is 1.54 bits per heavy atom. The molecule has 39 heavy (non-hydrogen) atoms. The van der Waals surface area contributed by atoms with Crippen LogP contribution >= 0.6 is 0 Å². The highest BCUT2D eigenvalue weighted by molar-refractivity contribution is 5.95. The number of hydrogen-bond donors (Lipinski definition) is 0. The van der Waals surface area contributed by atoms with Crippen molar-refractivity contribution in [1.29, 1.82) is 0 Å². The van der Waals surface area contributed by atoms with E-state index < -0.39 is 5.60 Å². The highest BCUT2D eigenvalue weighted by atomic mass is 16.6. The van der Waals surface area contributed by atoms with Crippen molar-refractivity contribution in [2.24, 2.45) is 0 Å². The first kappa shape index (κ1) is 26.5. The molecule has 0 amide bonds. The lowest BCUT2D eigenvalue weighted by Gasteiger charge is -2.24. The van der Waals surface area contributed by atoms with Gasteiger partial charge in [-0.3, -0.25) is 0 Å². The van der Waals surface area contributed by atoms with E-state index in [0.29, 0.717) is 12.4 Å². The van der Waals surface area contributed by atoms with Crippen molar-refractivity contribution in [3.05, 3.63) is 107 Å². The minimum atomic E-state index is -1.03. The van der Waals surface area contributed by atoms with Crippen LogP contribution in [-0.4, -0.2) is 27.7 Å². The van der Waals surface area contributed by atoms with Crippen LogP contribution in [0.1, 0.15) is 49.7 Å². The number of imidazole rings is 1. The standard InChI is InChI=1S/C34H36N2O3/c1-5-38-33(37)34(3,4)39-29-19-17-25(18-20-29)9-8-12-32-35-30-21-27-10-6-7-11-28(27)22-31(30)36(32)23-26-15-13-24(2)14-16-26/h6-7,10-11,13-22H,5,8-9,12,23H2,1-4H3. The number of carbonyl (C=O) groups excluding carboxylic acids is 1. The third-order valence-electron chi connectivity index (χ3n) is 7.09. The van der Waals surface area contributed by atoms with E-state index in [1.807, 2.05) is 12.1 Å². The molecule has 0 atom stereocenters. The van der Waals surface area contributed by atoms with E-state index in [4.69, 9.17) is 14.5 Å². The molecule has 200 valence electrons. The molecule has 4 aromatic carbocycles. The van der Waals surface area contributed by atoms with Gasteiger partial charge < -0.3 is 14.0 Å². The monoisotopic (exact) mass is 520 g/mol. The second-order valence-corrected chi connectivity index (χ2v) is 10.6. The van der Waals surface area contributed by atoms with Crippen LogP contribution in [0, 0.1) is 6.92 Å². The number of ether oxygens (including phenoxy) is 2. The molecule has 0 N–H and O–H groups in total. The minimum absolute atomic E-state index is 0.333. The second-order valence-electron chi connectivity index (χ2n) is 10.6. The molecule has 0 radical (unpaired) electrons. The zero-order valence-electron chi connectivity index (χ0n) is 23.2. The molecule has 0 spiro atoms. The van der Waals surface area contributed by atoms with Crippen molar-refractivity contribution in [3.63, 3.8) is 0 Å². The van der Waals surface area contributed by atoms with Crippen LogP contribution in [0.2, 0.25) is 0 Å². The van der Waals surface area contributed by atoms with Gasteiger partial charge in [0.1, 0.15) is 11.6 Å². The zero-order valence-corrected chi connectivity index (χ0v) is 23.2. The van der Waals surface area contributed by atoms with Gasteiger partial charge in [-0.25, -0.2) is 9.78 Å². The summed E-state index contributed by atoms with van der Waals surface area (Å²) in [6.07, 6.45) is 2.79. The molecular formula is C34H36N2O3. The second kappa shape index (κ2) is 11.3. The first-order valence-electron chi connectivity index (χ1n) is 13.7.